The van der Waals surface area contributed by atoms with Crippen molar-refractivity contribution in [1.82, 2.24) is 5.32 Å². The van der Waals surface area contributed by atoms with Crippen molar-refractivity contribution in [3.63, 3.8) is 0 Å². The van der Waals surface area contributed by atoms with E-state index in [0.717, 1.165) is 23.8 Å². The van der Waals surface area contributed by atoms with Crippen molar-refractivity contribution in [1.29, 1.82) is 0 Å². The molecule has 4 atom stereocenters. The molecule has 1 aliphatic carbocycles. The third-order valence-corrected chi connectivity index (χ3v) is 4.60. The van der Waals surface area contributed by atoms with E-state index in [4.69, 9.17) is 0 Å². The third-order valence-electron chi connectivity index (χ3n) is 4.60. The summed E-state index contributed by atoms with van der Waals surface area (Å²) in [6.07, 6.45) is 9.94. The van der Waals surface area contributed by atoms with Crippen molar-refractivity contribution in [2.45, 2.75) is 71.8 Å². The van der Waals surface area contributed by atoms with Crippen molar-refractivity contribution >= 4 is 0 Å². The van der Waals surface area contributed by atoms with Gasteiger partial charge in [-0.2, -0.15) is 0 Å². The maximum atomic E-state index is 3.60. The Morgan fingerprint density at radius 2 is 2.00 bits per heavy atom. The highest BCUT2D eigenvalue weighted by molar-refractivity contribution is 4.84. The van der Waals surface area contributed by atoms with Crippen LogP contribution in [0.2, 0.25) is 0 Å². The molecule has 0 aromatic heterocycles. The summed E-state index contributed by atoms with van der Waals surface area (Å²) in [7, 11) is 2.16. The van der Waals surface area contributed by atoms with E-state index in [9.17, 15) is 0 Å². The molecule has 0 saturated heterocycles. The maximum Gasteiger partial charge on any atom is 0.0118 e. The number of hydrogen-bond acceptors (Lipinski definition) is 1. The summed E-state index contributed by atoms with van der Waals surface area (Å²) in [6.45, 7) is 7.09. The van der Waals surface area contributed by atoms with Crippen molar-refractivity contribution in [2.24, 2.45) is 17.8 Å². The molecule has 0 spiro atoms. The van der Waals surface area contributed by atoms with Gasteiger partial charge in [-0.05, 0) is 44.1 Å². The average Bonchev–Trinajstić information content (AvgIpc) is 2.31. The molecule has 1 rings (SSSR count). The lowest BCUT2D eigenvalue weighted by Gasteiger charge is -2.37. The predicted molar refractivity (Wildman–Crippen MR) is 72.7 cm³/mol. The Bertz CT molecular complexity index is 178. The first-order valence-corrected chi connectivity index (χ1v) is 7.40. The molecule has 0 amide bonds. The molecule has 96 valence electrons. The number of hydrogen-bond donors (Lipinski definition) is 1. The zero-order chi connectivity index (χ0) is 12.0. The Hall–Kier alpha value is -0.0400. The van der Waals surface area contributed by atoms with Gasteiger partial charge in [0.2, 0.25) is 0 Å². The van der Waals surface area contributed by atoms with Crippen LogP contribution in [0.3, 0.4) is 0 Å². The monoisotopic (exact) mass is 225 g/mol. The largest absolute Gasteiger partial charge is 0.316 e. The van der Waals surface area contributed by atoms with Gasteiger partial charge in [-0.15, -0.1) is 0 Å². The van der Waals surface area contributed by atoms with Gasteiger partial charge in [0.25, 0.3) is 0 Å². The van der Waals surface area contributed by atoms with Crippen molar-refractivity contribution < 1.29 is 0 Å². The summed E-state index contributed by atoms with van der Waals surface area (Å²) in [5.41, 5.74) is 0. The first-order valence-electron chi connectivity index (χ1n) is 7.40. The molecule has 4 unspecified atom stereocenters. The minimum Gasteiger partial charge on any atom is -0.316 e. The lowest BCUT2D eigenvalue weighted by atomic mass is 9.73. The lowest BCUT2D eigenvalue weighted by molar-refractivity contribution is 0.174. The van der Waals surface area contributed by atoms with E-state index in [-0.39, 0.29) is 0 Å². The summed E-state index contributed by atoms with van der Waals surface area (Å²) in [4.78, 5) is 0. The molecule has 1 aliphatic rings. The Balaban J connectivity index is 2.50. The molecule has 1 saturated carbocycles. The van der Waals surface area contributed by atoms with E-state index in [0.29, 0.717) is 0 Å². The highest BCUT2D eigenvalue weighted by Gasteiger charge is 2.29. The molecule has 0 aliphatic heterocycles. The minimum atomic E-state index is 0.759. The van der Waals surface area contributed by atoms with Crippen LogP contribution >= 0.6 is 0 Å². The predicted octanol–water partition coefficient (Wildman–Crippen LogP) is 4.23. The molecule has 0 aromatic rings. The first kappa shape index (κ1) is 14.0. The van der Waals surface area contributed by atoms with Crippen LogP contribution in [0.25, 0.3) is 0 Å². The fourth-order valence-electron chi connectivity index (χ4n) is 3.65. The van der Waals surface area contributed by atoms with Gasteiger partial charge >= 0.3 is 0 Å². The first-order chi connectivity index (χ1) is 7.72. The summed E-state index contributed by atoms with van der Waals surface area (Å²) in [5, 5.41) is 3.60. The van der Waals surface area contributed by atoms with Crippen molar-refractivity contribution in [3.8, 4) is 0 Å². The summed E-state index contributed by atoms with van der Waals surface area (Å²) in [6, 6.07) is 0.759. The van der Waals surface area contributed by atoms with Crippen LogP contribution in [0.15, 0.2) is 0 Å². The molecular weight excluding hydrogens is 194 g/mol. The second-order valence-corrected chi connectivity index (χ2v) is 5.78. The number of rotatable bonds is 6. The Labute approximate surface area is 102 Å². The quantitative estimate of drug-likeness (QED) is 0.713. The molecule has 1 fully saturated rings. The normalized spacial score (nSPS) is 30.0. The second kappa shape index (κ2) is 7.32. The van der Waals surface area contributed by atoms with Gasteiger partial charge in [0.15, 0.2) is 0 Å². The highest BCUT2D eigenvalue weighted by Crippen LogP contribution is 2.35. The van der Waals surface area contributed by atoms with Crippen LogP contribution in [0.4, 0.5) is 0 Å². The fourth-order valence-corrected chi connectivity index (χ4v) is 3.65. The van der Waals surface area contributed by atoms with E-state index in [2.05, 4.69) is 33.1 Å². The molecule has 0 radical (unpaired) electrons. The highest BCUT2D eigenvalue weighted by atomic mass is 14.9. The van der Waals surface area contributed by atoms with E-state index < -0.39 is 0 Å². The maximum absolute atomic E-state index is 3.60. The molecule has 16 heavy (non-hydrogen) atoms. The van der Waals surface area contributed by atoms with Gasteiger partial charge in [-0.25, -0.2) is 0 Å². The van der Waals surface area contributed by atoms with Gasteiger partial charge in [-0.1, -0.05) is 46.5 Å². The topological polar surface area (TPSA) is 12.0 Å². The average molecular weight is 225 g/mol. The molecule has 1 N–H and O–H groups in total. The molecule has 1 heteroatoms. The van der Waals surface area contributed by atoms with Crippen LogP contribution in [-0.4, -0.2) is 13.1 Å². The van der Waals surface area contributed by atoms with Crippen LogP contribution in [0, 0.1) is 17.8 Å². The van der Waals surface area contributed by atoms with Crippen LogP contribution in [-0.2, 0) is 0 Å². The summed E-state index contributed by atoms with van der Waals surface area (Å²) >= 11 is 0. The standard InChI is InChI=1S/C15H31N/c1-5-8-12(3)15(16-4)14-10-7-9-13(6-2)11-14/h12-16H,5-11H2,1-4H3. The number of nitrogens with one attached hydrogen (secondary N) is 1. The van der Waals surface area contributed by atoms with E-state index in [1.165, 1.54) is 44.9 Å². The zero-order valence-corrected chi connectivity index (χ0v) is 11.8. The van der Waals surface area contributed by atoms with Crippen molar-refractivity contribution in [2.75, 3.05) is 7.05 Å². The van der Waals surface area contributed by atoms with E-state index >= 15 is 0 Å². The second-order valence-electron chi connectivity index (χ2n) is 5.78. The molecule has 1 nitrogen and oxygen atoms in total. The molecule has 0 heterocycles. The van der Waals surface area contributed by atoms with Crippen molar-refractivity contribution in [3.05, 3.63) is 0 Å². The Morgan fingerprint density at radius 3 is 2.56 bits per heavy atom. The minimum absolute atomic E-state index is 0.759. The van der Waals surface area contributed by atoms with Crippen LogP contribution in [0.1, 0.15) is 65.7 Å². The van der Waals surface area contributed by atoms with Gasteiger partial charge < -0.3 is 5.32 Å². The van der Waals surface area contributed by atoms with E-state index in [1.807, 2.05) is 0 Å². The third kappa shape index (κ3) is 3.76. The molecular formula is C15H31N. The Morgan fingerprint density at radius 1 is 1.25 bits per heavy atom. The summed E-state index contributed by atoms with van der Waals surface area (Å²) < 4.78 is 0. The van der Waals surface area contributed by atoms with E-state index in [1.54, 1.807) is 0 Å². The summed E-state index contributed by atoms with van der Waals surface area (Å²) in [5.74, 6) is 2.78. The fraction of sp³-hybridized carbons (Fsp3) is 1.00. The Kier molecular flexibility index (Phi) is 6.41. The van der Waals surface area contributed by atoms with Gasteiger partial charge in [0, 0.05) is 6.04 Å². The zero-order valence-electron chi connectivity index (χ0n) is 11.8. The molecule has 0 bridgehead atoms. The molecule has 0 aromatic carbocycles. The van der Waals surface area contributed by atoms with Crippen LogP contribution in [0.5, 0.6) is 0 Å². The van der Waals surface area contributed by atoms with Gasteiger partial charge in [0.05, 0.1) is 0 Å². The van der Waals surface area contributed by atoms with Gasteiger partial charge in [-0.3, -0.25) is 0 Å². The smallest absolute Gasteiger partial charge is 0.0118 e. The van der Waals surface area contributed by atoms with Gasteiger partial charge in [0.1, 0.15) is 0 Å². The van der Waals surface area contributed by atoms with Crippen LogP contribution < -0.4 is 5.32 Å². The lowest BCUT2D eigenvalue weighted by Crippen LogP contribution is -2.41. The SMILES string of the molecule is CCCC(C)C(NC)C1CCCC(CC)C1.